The van der Waals surface area contributed by atoms with Gasteiger partial charge in [-0.3, -0.25) is 0 Å². The van der Waals surface area contributed by atoms with Gasteiger partial charge in [0.15, 0.2) is 0 Å². The minimum atomic E-state index is -0.447. The Balaban J connectivity index is 1.81. The van der Waals surface area contributed by atoms with Crippen molar-refractivity contribution in [2.45, 2.75) is 31.8 Å². The van der Waals surface area contributed by atoms with E-state index in [2.05, 4.69) is 34.1 Å². The van der Waals surface area contributed by atoms with Crippen LogP contribution in [0.25, 0.3) is 0 Å². The van der Waals surface area contributed by atoms with Crippen molar-refractivity contribution in [3.05, 3.63) is 63.6 Å². The molecule has 1 aliphatic rings. The van der Waals surface area contributed by atoms with Gasteiger partial charge < -0.3 is 9.84 Å². The van der Waals surface area contributed by atoms with Crippen LogP contribution in [0.5, 0.6) is 5.75 Å². The molecule has 2 aromatic rings. The molecule has 2 aromatic carbocycles. The van der Waals surface area contributed by atoms with E-state index in [0.29, 0.717) is 5.92 Å². The predicted molar refractivity (Wildman–Crippen MR) is 87.8 cm³/mol. The van der Waals surface area contributed by atoms with Crippen LogP contribution in [-0.4, -0.2) is 11.7 Å². The van der Waals surface area contributed by atoms with Crippen LogP contribution in [0.4, 0.5) is 0 Å². The lowest BCUT2D eigenvalue weighted by Crippen LogP contribution is -2.16. The SMILES string of the molecule is Cc1cc(Br)cc(C(O)CC2CCOc3ccccc32)c1. The number of halogens is 1. The molecule has 0 aromatic heterocycles. The second-order valence-corrected chi connectivity index (χ2v) is 6.60. The highest BCUT2D eigenvalue weighted by molar-refractivity contribution is 9.10. The fourth-order valence-corrected chi connectivity index (χ4v) is 3.65. The molecule has 0 spiro atoms. The number of hydrogen-bond acceptors (Lipinski definition) is 2. The standard InChI is InChI=1S/C18H19BrO2/c1-12-8-14(10-15(19)9-12)17(20)11-13-6-7-21-18-5-3-2-4-16(13)18/h2-5,8-10,13,17,20H,6-7,11H2,1H3. The van der Waals surface area contributed by atoms with Crippen molar-refractivity contribution >= 4 is 15.9 Å². The van der Waals surface area contributed by atoms with E-state index < -0.39 is 6.10 Å². The maximum absolute atomic E-state index is 10.6. The first-order chi connectivity index (χ1) is 10.1. The molecule has 0 saturated carbocycles. The van der Waals surface area contributed by atoms with Crippen LogP contribution in [0.1, 0.15) is 41.6 Å². The van der Waals surface area contributed by atoms with E-state index in [-0.39, 0.29) is 0 Å². The third kappa shape index (κ3) is 3.30. The quantitative estimate of drug-likeness (QED) is 0.868. The molecule has 1 aliphatic heterocycles. The molecule has 1 N–H and O–H groups in total. The number of aliphatic hydroxyl groups is 1. The fraction of sp³-hybridized carbons (Fsp3) is 0.333. The predicted octanol–water partition coefficient (Wildman–Crippen LogP) is 4.75. The number of para-hydroxylation sites is 1. The summed E-state index contributed by atoms with van der Waals surface area (Å²) in [5, 5.41) is 10.6. The number of aliphatic hydroxyl groups excluding tert-OH is 1. The molecule has 21 heavy (non-hydrogen) atoms. The van der Waals surface area contributed by atoms with Gasteiger partial charge in [0.25, 0.3) is 0 Å². The van der Waals surface area contributed by atoms with Gasteiger partial charge in [-0.2, -0.15) is 0 Å². The summed E-state index contributed by atoms with van der Waals surface area (Å²) < 4.78 is 6.71. The van der Waals surface area contributed by atoms with Crippen LogP contribution in [0.2, 0.25) is 0 Å². The first kappa shape index (κ1) is 14.6. The molecule has 0 aliphatic carbocycles. The van der Waals surface area contributed by atoms with Gasteiger partial charge in [-0.25, -0.2) is 0 Å². The number of ether oxygens (including phenoxy) is 1. The van der Waals surface area contributed by atoms with Gasteiger partial charge in [-0.1, -0.05) is 40.2 Å². The minimum Gasteiger partial charge on any atom is -0.493 e. The molecule has 2 nitrogen and oxygen atoms in total. The lowest BCUT2D eigenvalue weighted by atomic mass is 9.86. The first-order valence-corrected chi connectivity index (χ1v) is 8.09. The van der Waals surface area contributed by atoms with Crippen LogP contribution in [0.15, 0.2) is 46.9 Å². The van der Waals surface area contributed by atoms with Crippen LogP contribution in [0.3, 0.4) is 0 Å². The number of hydrogen-bond donors (Lipinski definition) is 1. The molecule has 3 rings (SSSR count). The second-order valence-electron chi connectivity index (χ2n) is 5.69. The summed E-state index contributed by atoms with van der Waals surface area (Å²) in [7, 11) is 0. The van der Waals surface area contributed by atoms with Crippen molar-refractivity contribution in [2.75, 3.05) is 6.61 Å². The number of fused-ring (bicyclic) bond motifs is 1. The normalized spacial score (nSPS) is 18.7. The highest BCUT2D eigenvalue weighted by atomic mass is 79.9. The molecular weight excluding hydrogens is 328 g/mol. The maximum atomic E-state index is 10.6. The van der Waals surface area contributed by atoms with Crippen LogP contribution < -0.4 is 4.74 Å². The van der Waals surface area contributed by atoms with E-state index in [4.69, 9.17) is 4.74 Å². The van der Waals surface area contributed by atoms with Gasteiger partial charge >= 0.3 is 0 Å². The van der Waals surface area contributed by atoms with E-state index in [9.17, 15) is 5.11 Å². The van der Waals surface area contributed by atoms with Crippen molar-refractivity contribution in [2.24, 2.45) is 0 Å². The van der Waals surface area contributed by atoms with Gasteiger partial charge in [-0.05, 0) is 60.6 Å². The van der Waals surface area contributed by atoms with Gasteiger partial charge in [0, 0.05) is 4.47 Å². The Bertz CT molecular complexity index is 619. The summed E-state index contributed by atoms with van der Waals surface area (Å²) in [6.07, 6.45) is 1.24. The number of rotatable bonds is 3. The minimum absolute atomic E-state index is 0.351. The summed E-state index contributed by atoms with van der Waals surface area (Å²) >= 11 is 3.50. The summed E-state index contributed by atoms with van der Waals surface area (Å²) in [4.78, 5) is 0. The van der Waals surface area contributed by atoms with Gasteiger partial charge in [0.2, 0.25) is 0 Å². The van der Waals surface area contributed by atoms with E-state index in [1.165, 1.54) is 5.56 Å². The zero-order chi connectivity index (χ0) is 14.8. The van der Waals surface area contributed by atoms with E-state index in [1.807, 2.05) is 31.2 Å². The molecule has 0 bridgehead atoms. The molecule has 3 heteroatoms. The topological polar surface area (TPSA) is 29.5 Å². The van der Waals surface area contributed by atoms with Crippen molar-refractivity contribution in [1.82, 2.24) is 0 Å². The van der Waals surface area contributed by atoms with Crippen molar-refractivity contribution in [3.8, 4) is 5.75 Å². The third-order valence-electron chi connectivity index (χ3n) is 4.04. The fourth-order valence-electron chi connectivity index (χ4n) is 3.02. The largest absolute Gasteiger partial charge is 0.493 e. The van der Waals surface area contributed by atoms with E-state index in [0.717, 1.165) is 40.8 Å². The summed E-state index contributed by atoms with van der Waals surface area (Å²) in [6.45, 7) is 2.77. The van der Waals surface area contributed by atoms with Gasteiger partial charge in [0.05, 0.1) is 12.7 Å². The molecule has 0 amide bonds. The highest BCUT2D eigenvalue weighted by Gasteiger charge is 2.24. The van der Waals surface area contributed by atoms with Crippen molar-refractivity contribution < 1.29 is 9.84 Å². The Hall–Kier alpha value is -1.32. The van der Waals surface area contributed by atoms with E-state index in [1.54, 1.807) is 0 Å². The lowest BCUT2D eigenvalue weighted by Gasteiger charge is -2.27. The Morgan fingerprint density at radius 3 is 2.90 bits per heavy atom. The van der Waals surface area contributed by atoms with Crippen LogP contribution in [0, 0.1) is 6.92 Å². The highest BCUT2D eigenvalue weighted by Crippen LogP contribution is 2.39. The Labute approximate surface area is 133 Å². The number of benzene rings is 2. The Morgan fingerprint density at radius 2 is 2.10 bits per heavy atom. The second kappa shape index (κ2) is 6.20. The lowest BCUT2D eigenvalue weighted by molar-refractivity contribution is 0.145. The van der Waals surface area contributed by atoms with Crippen LogP contribution >= 0.6 is 15.9 Å². The molecule has 1 heterocycles. The van der Waals surface area contributed by atoms with Gasteiger partial charge in [-0.15, -0.1) is 0 Å². The molecule has 0 radical (unpaired) electrons. The number of aryl methyl sites for hydroxylation is 1. The Kier molecular flexibility index (Phi) is 4.32. The van der Waals surface area contributed by atoms with Crippen LogP contribution in [-0.2, 0) is 0 Å². The first-order valence-electron chi connectivity index (χ1n) is 7.30. The molecule has 2 unspecified atom stereocenters. The monoisotopic (exact) mass is 346 g/mol. The average molecular weight is 347 g/mol. The summed E-state index contributed by atoms with van der Waals surface area (Å²) in [6, 6.07) is 14.3. The van der Waals surface area contributed by atoms with E-state index >= 15 is 0 Å². The molecular formula is C18H19BrO2. The molecule has 2 atom stereocenters. The molecule has 110 valence electrons. The maximum Gasteiger partial charge on any atom is 0.122 e. The smallest absolute Gasteiger partial charge is 0.122 e. The zero-order valence-corrected chi connectivity index (χ0v) is 13.6. The van der Waals surface area contributed by atoms with Gasteiger partial charge in [0.1, 0.15) is 5.75 Å². The Morgan fingerprint density at radius 1 is 1.29 bits per heavy atom. The third-order valence-corrected chi connectivity index (χ3v) is 4.50. The zero-order valence-electron chi connectivity index (χ0n) is 12.1. The van der Waals surface area contributed by atoms with Crippen molar-refractivity contribution in [1.29, 1.82) is 0 Å². The summed E-state index contributed by atoms with van der Waals surface area (Å²) in [5.74, 6) is 1.32. The molecule has 0 saturated heterocycles. The summed E-state index contributed by atoms with van der Waals surface area (Å²) in [5.41, 5.74) is 3.35. The van der Waals surface area contributed by atoms with Crippen molar-refractivity contribution in [3.63, 3.8) is 0 Å². The average Bonchev–Trinajstić information content (AvgIpc) is 2.46. The molecule has 0 fully saturated rings.